The van der Waals surface area contributed by atoms with Crippen LogP contribution in [0.4, 0.5) is 8.78 Å². The summed E-state index contributed by atoms with van der Waals surface area (Å²) in [6.07, 6.45) is 2.43. The Morgan fingerprint density at radius 3 is 2.79 bits per heavy atom. The van der Waals surface area contributed by atoms with Gasteiger partial charge in [-0.25, -0.2) is 4.79 Å². The van der Waals surface area contributed by atoms with Crippen molar-refractivity contribution < 1.29 is 23.0 Å². The predicted octanol–water partition coefficient (Wildman–Crippen LogP) is 1.62. The average Bonchev–Trinajstić information content (AvgIpc) is 2.14. The van der Waals surface area contributed by atoms with Crippen LogP contribution in [-0.4, -0.2) is 30.5 Å². The normalized spacial score (nSPS) is 23.2. The highest BCUT2D eigenvalue weighted by Gasteiger charge is 2.36. The van der Waals surface area contributed by atoms with E-state index in [2.05, 4.69) is 17.4 Å². The molecule has 0 aromatic heterocycles. The van der Waals surface area contributed by atoms with Crippen molar-refractivity contribution in [2.45, 2.75) is 30.6 Å². The summed E-state index contributed by atoms with van der Waals surface area (Å²) in [6, 6.07) is 0. The fourth-order valence-electron chi connectivity index (χ4n) is 1.19. The first-order valence-corrected chi connectivity index (χ1v) is 4.84. The molecular formula is C8H12F2O3S. The standard InChI is InChI=1S/C8H12F2O3S/c9-8(10,14)7(11)13-5-6-3-1-2-4-12-6/h6,14H,1-5H2. The van der Waals surface area contributed by atoms with Crippen molar-refractivity contribution in [3.05, 3.63) is 0 Å². The zero-order valence-electron chi connectivity index (χ0n) is 7.54. The highest BCUT2D eigenvalue weighted by Crippen LogP contribution is 2.20. The summed E-state index contributed by atoms with van der Waals surface area (Å²) in [5, 5.41) is -3.71. The molecule has 0 N–H and O–H groups in total. The van der Waals surface area contributed by atoms with E-state index < -0.39 is 11.2 Å². The third-order valence-corrected chi connectivity index (χ3v) is 2.10. The van der Waals surface area contributed by atoms with Gasteiger partial charge in [0, 0.05) is 6.61 Å². The summed E-state index contributed by atoms with van der Waals surface area (Å²) in [5.74, 6) is -1.62. The lowest BCUT2D eigenvalue weighted by molar-refractivity contribution is -0.165. The van der Waals surface area contributed by atoms with Crippen LogP contribution in [0.1, 0.15) is 19.3 Å². The number of ether oxygens (including phenoxy) is 2. The maximum absolute atomic E-state index is 12.2. The molecule has 1 unspecified atom stereocenters. The summed E-state index contributed by atoms with van der Waals surface area (Å²) >= 11 is 2.80. The molecule has 1 atom stereocenters. The predicted molar refractivity (Wildman–Crippen MR) is 48.5 cm³/mol. The van der Waals surface area contributed by atoms with Crippen molar-refractivity contribution in [1.82, 2.24) is 0 Å². The van der Waals surface area contributed by atoms with E-state index in [1.54, 1.807) is 0 Å². The van der Waals surface area contributed by atoms with Gasteiger partial charge in [0.15, 0.2) is 0 Å². The van der Waals surface area contributed by atoms with Crippen LogP contribution in [0.5, 0.6) is 0 Å². The van der Waals surface area contributed by atoms with Crippen LogP contribution in [0, 0.1) is 0 Å². The van der Waals surface area contributed by atoms with Gasteiger partial charge in [0.1, 0.15) is 6.61 Å². The Labute approximate surface area is 86.2 Å². The molecule has 0 aromatic rings. The maximum Gasteiger partial charge on any atom is 0.388 e. The van der Waals surface area contributed by atoms with Crippen LogP contribution in [0.15, 0.2) is 0 Å². The first kappa shape index (κ1) is 11.7. The van der Waals surface area contributed by atoms with E-state index in [-0.39, 0.29) is 12.7 Å². The molecule has 1 rings (SSSR count). The first-order valence-electron chi connectivity index (χ1n) is 4.39. The van der Waals surface area contributed by atoms with E-state index in [4.69, 9.17) is 4.74 Å². The van der Waals surface area contributed by atoms with E-state index in [0.717, 1.165) is 19.3 Å². The molecule has 3 nitrogen and oxygen atoms in total. The molecule has 0 spiro atoms. The summed E-state index contributed by atoms with van der Waals surface area (Å²) in [6.45, 7) is 0.481. The van der Waals surface area contributed by atoms with Crippen LogP contribution < -0.4 is 0 Å². The Balaban J connectivity index is 2.22. The molecule has 14 heavy (non-hydrogen) atoms. The van der Waals surface area contributed by atoms with Gasteiger partial charge in [-0.3, -0.25) is 0 Å². The van der Waals surface area contributed by atoms with Gasteiger partial charge in [-0.1, -0.05) is 12.6 Å². The lowest BCUT2D eigenvalue weighted by Gasteiger charge is -2.22. The Kier molecular flexibility index (Phi) is 4.12. The topological polar surface area (TPSA) is 35.5 Å². The number of carbonyl (C=O) groups is 1. The van der Waals surface area contributed by atoms with Crippen molar-refractivity contribution in [2.75, 3.05) is 13.2 Å². The van der Waals surface area contributed by atoms with Crippen LogP contribution in [0.2, 0.25) is 0 Å². The number of carbonyl (C=O) groups excluding carboxylic acids is 1. The van der Waals surface area contributed by atoms with Gasteiger partial charge in [0.05, 0.1) is 6.10 Å². The molecule has 6 heteroatoms. The second-order valence-corrected chi connectivity index (χ2v) is 3.69. The number of esters is 1. The number of rotatable bonds is 3. The molecule has 0 radical (unpaired) electrons. The smallest absolute Gasteiger partial charge is 0.388 e. The second-order valence-electron chi connectivity index (χ2n) is 3.13. The molecule has 1 fully saturated rings. The number of thiol groups is 1. The average molecular weight is 226 g/mol. The molecule has 1 aliphatic rings. The summed E-state index contributed by atoms with van der Waals surface area (Å²) < 4.78 is 34.0. The minimum atomic E-state index is -3.71. The number of halogens is 2. The largest absolute Gasteiger partial charge is 0.458 e. The van der Waals surface area contributed by atoms with Gasteiger partial charge in [-0.15, -0.1) is 0 Å². The molecule has 1 aliphatic heterocycles. The lowest BCUT2D eigenvalue weighted by Crippen LogP contribution is -2.31. The van der Waals surface area contributed by atoms with Crippen molar-refractivity contribution in [3.8, 4) is 0 Å². The van der Waals surface area contributed by atoms with Crippen molar-refractivity contribution in [3.63, 3.8) is 0 Å². The molecule has 0 aromatic carbocycles. The van der Waals surface area contributed by atoms with Crippen LogP contribution in [0.25, 0.3) is 0 Å². The molecular weight excluding hydrogens is 214 g/mol. The first-order chi connectivity index (χ1) is 6.50. The number of alkyl halides is 2. The van der Waals surface area contributed by atoms with Gasteiger partial charge >= 0.3 is 11.2 Å². The highest BCUT2D eigenvalue weighted by atomic mass is 32.1. The quantitative estimate of drug-likeness (QED) is 0.586. The second kappa shape index (κ2) is 4.93. The highest BCUT2D eigenvalue weighted by molar-refractivity contribution is 7.82. The number of hydrogen-bond acceptors (Lipinski definition) is 4. The van der Waals surface area contributed by atoms with Crippen molar-refractivity contribution in [1.29, 1.82) is 0 Å². The maximum atomic E-state index is 12.2. The van der Waals surface area contributed by atoms with Crippen molar-refractivity contribution >= 4 is 18.6 Å². The Hall–Kier alpha value is -0.360. The van der Waals surface area contributed by atoms with Gasteiger partial charge in [0.25, 0.3) is 0 Å². The van der Waals surface area contributed by atoms with Gasteiger partial charge in [-0.05, 0) is 19.3 Å². The van der Waals surface area contributed by atoms with Crippen LogP contribution in [-0.2, 0) is 14.3 Å². The zero-order chi connectivity index (χ0) is 10.6. The SMILES string of the molecule is O=C(OCC1CCCCO1)C(F)(F)S. The zero-order valence-corrected chi connectivity index (χ0v) is 8.44. The van der Waals surface area contributed by atoms with Crippen LogP contribution in [0.3, 0.4) is 0 Å². The fraction of sp³-hybridized carbons (Fsp3) is 0.875. The third-order valence-electron chi connectivity index (χ3n) is 1.92. The number of hydrogen-bond donors (Lipinski definition) is 1. The summed E-state index contributed by atoms with van der Waals surface area (Å²) in [5.41, 5.74) is 0. The van der Waals surface area contributed by atoms with E-state index in [1.165, 1.54) is 0 Å². The van der Waals surface area contributed by atoms with Crippen LogP contribution >= 0.6 is 12.6 Å². The van der Waals surface area contributed by atoms with E-state index in [1.807, 2.05) is 0 Å². The third kappa shape index (κ3) is 3.79. The molecule has 0 bridgehead atoms. The van der Waals surface area contributed by atoms with E-state index in [9.17, 15) is 13.6 Å². The Morgan fingerprint density at radius 2 is 2.29 bits per heavy atom. The molecule has 82 valence electrons. The summed E-state index contributed by atoms with van der Waals surface area (Å²) in [7, 11) is 0. The molecule has 1 heterocycles. The van der Waals surface area contributed by atoms with E-state index in [0.29, 0.717) is 6.61 Å². The Bertz CT molecular complexity index is 199. The summed E-state index contributed by atoms with van der Waals surface area (Å²) in [4.78, 5) is 10.6. The monoisotopic (exact) mass is 226 g/mol. The molecule has 0 saturated carbocycles. The van der Waals surface area contributed by atoms with Gasteiger partial charge < -0.3 is 9.47 Å². The van der Waals surface area contributed by atoms with Crippen molar-refractivity contribution in [2.24, 2.45) is 0 Å². The lowest BCUT2D eigenvalue weighted by atomic mass is 10.1. The van der Waals surface area contributed by atoms with Gasteiger partial charge in [0.2, 0.25) is 0 Å². The Morgan fingerprint density at radius 1 is 1.57 bits per heavy atom. The van der Waals surface area contributed by atoms with E-state index >= 15 is 0 Å². The van der Waals surface area contributed by atoms with Gasteiger partial charge in [-0.2, -0.15) is 8.78 Å². The fourth-order valence-corrected chi connectivity index (χ4v) is 1.26. The molecule has 0 amide bonds. The minimum Gasteiger partial charge on any atom is -0.458 e. The molecule has 1 saturated heterocycles. The molecule has 0 aliphatic carbocycles. The minimum absolute atomic E-state index is 0.116.